The number of fused-ring (bicyclic) bond motifs is 4. The summed E-state index contributed by atoms with van der Waals surface area (Å²) in [5, 5.41) is 23.0. The number of piperazine rings is 1. The summed E-state index contributed by atoms with van der Waals surface area (Å²) in [6, 6.07) is 4.55. The fourth-order valence-electron chi connectivity index (χ4n) is 7.16. The zero-order valence-corrected chi connectivity index (χ0v) is 25.5. The van der Waals surface area contributed by atoms with Crippen LogP contribution >= 0.6 is 11.3 Å². The van der Waals surface area contributed by atoms with Crippen molar-refractivity contribution in [2.45, 2.75) is 49.5 Å². The number of likely N-dealkylation sites (tertiary alicyclic amines) is 1. The fraction of sp³-hybridized carbons (Fsp3) is 0.452. The number of aliphatic hydroxyl groups excluding tert-OH is 1. The van der Waals surface area contributed by atoms with E-state index in [1.165, 1.54) is 0 Å². The Balaban J connectivity index is 1.47. The molecule has 3 atom stereocenters. The highest BCUT2D eigenvalue weighted by molar-refractivity contribution is 7.23. The molecule has 0 aliphatic carbocycles. The van der Waals surface area contributed by atoms with E-state index >= 15 is 4.39 Å². The van der Waals surface area contributed by atoms with Crippen molar-refractivity contribution in [1.82, 2.24) is 20.2 Å². The first-order valence-corrected chi connectivity index (χ1v) is 15.7. The van der Waals surface area contributed by atoms with Gasteiger partial charge >= 0.3 is 12.2 Å². The minimum absolute atomic E-state index is 0.0227. The number of likely N-dealkylation sites (N-methyl/N-ethyl adjacent to an activating group) is 1. The molecule has 3 aliphatic rings. The third kappa shape index (κ3) is 4.90. The summed E-state index contributed by atoms with van der Waals surface area (Å²) in [7, 11) is 1.86. The number of hydrogen-bond acceptors (Lipinski definition) is 10. The Labute approximate surface area is 264 Å². The van der Waals surface area contributed by atoms with Crippen LogP contribution in [0.15, 0.2) is 18.2 Å². The highest BCUT2D eigenvalue weighted by atomic mass is 32.1. The number of benzene rings is 2. The lowest BCUT2D eigenvalue weighted by Crippen LogP contribution is -2.51. The largest absolute Gasteiger partial charge is 0.461 e. The molecule has 2 unspecified atom stereocenters. The lowest BCUT2D eigenvalue weighted by molar-refractivity contribution is -0.137. The van der Waals surface area contributed by atoms with E-state index in [1.807, 2.05) is 22.9 Å². The van der Waals surface area contributed by atoms with Gasteiger partial charge in [-0.1, -0.05) is 6.07 Å². The minimum Gasteiger partial charge on any atom is -0.461 e. The molecule has 3 fully saturated rings. The molecule has 3 saturated heterocycles. The molecule has 4 N–H and O–H groups in total. The third-order valence-electron chi connectivity index (χ3n) is 9.62. The van der Waals surface area contributed by atoms with Gasteiger partial charge in [0.2, 0.25) is 0 Å². The number of alkyl halides is 3. The summed E-state index contributed by atoms with van der Waals surface area (Å²) >= 11 is 0.706. The monoisotopic (exact) mass is 659 g/mol. The number of hydrogen-bond donors (Lipinski definition) is 3. The van der Waals surface area contributed by atoms with Crippen LogP contribution in [0.5, 0.6) is 6.01 Å². The molecule has 0 saturated carbocycles. The molecule has 7 rings (SSSR count). The summed E-state index contributed by atoms with van der Waals surface area (Å²) in [4.78, 5) is 12.7. The Hall–Kier alpha value is -3.84. The van der Waals surface area contributed by atoms with Crippen LogP contribution in [0.2, 0.25) is 0 Å². The van der Waals surface area contributed by atoms with Gasteiger partial charge in [-0.05, 0) is 57.0 Å². The van der Waals surface area contributed by atoms with Gasteiger partial charge in [-0.2, -0.15) is 28.4 Å². The number of nitrogens with two attached hydrogens (primary N) is 1. The quantitative estimate of drug-likeness (QED) is 0.245. The summed E-state index contributed by atoms with van der Waals surface area (Å²) < 4.78 is 82.2. The topological polar surface area (TPSA) is 124 Å². The SMILES string of the molecule is CN1CCC[C@@]1(CO)COc1nc(N2CC3CCC(C2)N3)c2cc(C(F)(F)F)c(-c3ccc(F)c4sc(N)c(C#N)c34)c(F)c2n1. The fourth-order valence-corrected chi connectivity index (χ4v) is 8.11. The molecule has 2 aromatic carbocycles. The van der Waals surface area contributed by atoms with Crippen molar-refractivity contribution in [1.29, 1.82) is 5.26 Å². The van der Waals surface area contributed by atoms with E-state index in [4.69, 9.17) is 10.5 Å². The molecule has 9 nitrogen and oxygen atoms in total. The van der Waals surface area contributed by atoms with E-state index in [0.717, 1.165) is 44.0 Å². The number of nitriles is 1. The molecular formula is C31H30F5N7O2S. The van der Waals surface area contributed by atoms with Crippen LogP contribution in [0.4, 0.5) is 32.8 Å². The molecule has 0 radical (unpaired) electrons. The van der Waals surface area contributed by atoms with Crippen LogP contribution in [0.1, 0.15) is 36.8 Å². The zero-order valence-electron chi connectivity index (χ0n) is 24.7. The number of nitrogen functional groups attached to an aromatic ring is 1. The van der Waals surface area contributed by atoms with E-state index in [2.05, 4.69) is 15.3 Å². The minimum atomic E-state index is -5.05. The molecule has 0 spiro atoms. The molecule has 2 aromatic heterocycles. The molecule has 15 heteroatoms. The van der Waals surface area contributed by atoms with Gasteiger partial charge < -0.3 is 25.8 Å². The Bertz CT molecular complexity index is 1900. The molecule has 46 heavy (non-hydrogen) atoms. The molecule has 5 heterocycles. The first-order chi connectivity index (χ1) is 21.9. The maximum atomic E-state index is 16.9. The van der Waals surface area contributed by atoms with Gasteiger partial charge in [-0.3, -0.25) is 4.90 Å². The molecule has 3 aliphatic heterocycles. The first-order valence-electron chi connectivity index (χ1n) is 14.9. The number of aromatic nitrogens is 2. The molecule has 0 amide bonds. The van der Waals surface area contributed by atoms with Crippen molar-refractivity contribution in [2.24, 2.45) is 0 Å². The van der Waals surface area contributed by atoms with E-state index < -0.39 is 40.0 Å². The Kier molecular flexibility index (Phi) is 7.46. The van der Waals surface area contributed by atoms with Crippen molar-refractivity contribution >= 4 is 43.1 Å². The normalized spacial score (nSPS) is 23.5. The standard InChI is InChI=1S/C31H30F5N7O2S/c1-42-8-2-7-30(42,13-44)14-45-29-40-25-18(28(41-29)43-11-15-3-4-16(12-43)39-15)9-20(31(34,35)36)23(24(25)33)17-5-6-21(32)26-22(17)19(10-37)27(38)46-26/h5-6,9,15-16,39,44H,2-4,7-8,11-14,38H2,1H3/t15?,16?,30-/m1/s1. The summed E-state index contributed by atoms with van der Waals surface area (Å²) in [5.74, 6) is -2.00. The van der Waals surface area contributed by atoms with Gasteiger partial charge in [0.25, 0.3) is 0 Å². The average molecular weight is 660 g/mol. The van der Waals surface area contributed by atoms with E-state index in [9.17, 15) is 27.9 Å². The van der Waals surface area contributed by atoms with Crippen molar-refractivity contribution in [3.63, 3.8) is 0 Å². The van der Waals surface area contributed by atoms with Crippen LogP contribution in [0, 0.1) is 23.0 Å². The highest BCUT2D eigenvalue weighted by Crippen LogP contribution is 2.48. The van der Waals surface area contributed by atoms with Gasteiger partial charge in [0.15, 0.2) is 5.82 Å². The highest BCUT2D eigenvalue weighted by Gasteiger charge is 2.41. The maximum Gasteiger partial charge on any atom is 0.417 e. The molecule has 2 bridgehead atoms. The van der Waals surface area contributed by atoms with Crippen molar-refractivity contribution in [2.75, 3.05) is 50.5 Å². The lowest BCUT2D eigenvalue weighted by atomic mass is 9.92. The number of halogens is 5. The number of nitrogens with zero attached hydrogens (tertiary/aromatic N) is 5. The van der Waals surface area contributed by atoms with Crippen molar-refractivity contribution < 1.29 is 31.8 Å². The van der Waals surface area contributed by atoms with Crippen LogP contribution in [-0.4, -0.2) is 77.5 Å². The molecule has 4 aromatic rings. The van der Waals surface area contributed by atoms with Gasteiger partial charge in [-0.25, -0.2) is 8.78 Å². The van der Waals surface area contributed by atoms with Gasteiger partial charge in [0.1, 0.15) is 34.8 Å². The van der Waals surface area contributed by atoms with Crippen LogP contribution in [0.3, 0.4) is 0 Å². The number of aliphatic hydroxyl groups is 1. The Morgan fingerprint density at radius 2 is 1.96 bits per heavy atom. The second kappa shape index (κ2) is 11.2. The summed E-state index contributed by atoms with van der Waals surface area (Å²) in [6.07, 6.45) is -1.81. The number of nitrogens with one attached hydrogen (secondary N) is 1. The first kappa shape index (κ1) is 30.8. The predicted octanol–water partition coefficient (Wildman–Crippen LogP) is 5.04. The van der Waals surface area contributed by atoms with Gasteiger partial charge in [0.05, 0.1) is 28.0 Å². The number of thiophene rings is 1. The number of ether oxygens (including phenoxy) is 1. The number of anilines is 2. The average Bonchev–Trinajstić information content (AvgIpc) is 3.69. The second-order valence-electron chi connectivity index (χ2n) is 12.3. The smallest absolute Gasteiger partial charge is 0.417 e. The van der Waals surface area contributed by atoms with Crippen molar-refractivity contribution in [3.8, 4) is 23.2 Å². The van der Waals surface area contributed by atoms with E-state index in [-0.39, 0.29) is 68.7 Å². The Morgan fingerprint density at radius 1 is 1.22 bits per heavy atom. The van der Waals surface area contributed by atoms with E-state index in [1.54, 1.807) is 0 Å². The Morgan fingerprint density at radius 3 is 2.59 bits per heavy atom. The summed E-state index contributed by atoms with van der Waals surface area (Å²) in [5.41, 5.74) is 2.05. The summed E-state index contributed by atoms with van der Waals surface area (Å²) in [6.45, 7) is 1.39. The second-order valence-corrected chi connectivity index (χ2v) is 13.4. The van der Waals surface area contributed by atoms with Crippen LogP contribution < -0.4 is 20.7 Å². The lowest BCUT2D eigenvalue weighted by Gasteiger charge is -2.35. The predicted molar refractivity (Wildman–Crippen MR) is 164 cm³/mol. The molecule has 242 valence electrons. The van der Waals surface area contributed by atoms with Gasteiger partial charge in [-0.15, -0.1) is 11.3 Å². The van der Waals surface area contributed by atoms with Crippen LogP contribution in [0.25, 0.3) is 32.1 Å². The maximum absolute atomic E-state index is 16.9. The zero-order chi connectivity index (χ0) is 32.5. The number of rotatable bonds is 6. The molecular weight excluding hydrogens is 629 g/mol. The van der Waals surface area contributed by atoms with Gasteiger partial charge in [0, 0.05) is 41.5 Å². The van der Waals surface area contributed by atoms with E-state index in [0.29, 0.717) is 30.8 Å². The van der Waals surface area contributed by atoms with Crippen molar-refractivity contribution in [3.05, 3.63) is 41.0 Å². The third-order valence-corrected chi connectivity index (χ3v) is 10.6. The van der Waals surface area contributed by atoms with Crippen LogP contribution in [-0.2, 0) is 6.18 Å².